The van der Waals surface area contributed by atoms with Crippen molar-refractivity contribution in [1.82, 2.24) is 4.90 Å². The van der Waals surface area contributed by atoms with Gasteiger partial charge in [-0.3, -0.25) is 14.5 Å². The molecule has 1 aliphatic heterocycles. The van der Waals surface area contributed by atoms with Crippen molar-refractivity contribution in [2.45, 2.75) is 46.6 Å². The van der Waals surface area contributed by atoms with Gasteiger partial charge in [-0.1, -0.05) is 25.6 Å². The van der Waals surface area contributed by atoms with E-state index in [1.165, 1.54) is 11.8 Å². The van der Waals surface area contributed by atoms with Crippen LogP contribution in [0.1, 0.15) is 40.5 Å². The van der Waals surface area contributed by atoms with Crippen LogP contribution in [0.25, 0.3) is 0 Å². The second-order valence-electron chi connectivity index (χ2n) is 4.84. The summed E-state index contributed by atoms with van der Waals surface area (Å²) >= 11 is 1.49. The minimum atomic E-state index is -0.136. The lowest BCUT2D eigenvalue weighted by molar-refractivity contribution is -0.128. The van der Waals surface area contributed by atoms with E-state index in [2.05, 4.69) is 4.99 Å². The summed E-state index contributed by atoms with van der Waals surface area (Å²) in [5.74, 6) is 0.942. The highest BCUT2D eigenvalue weighted by Gasteiger charge is 2.27. The molecule has 4 nitrogen and oxygen atoms in total. The Hall–Kier alpha value is -0.840. The fourth-order valence-electron chi connectivity index (χ4n) is 1.62. The number of carbonyl (C=O) groups is 2. The van der Waals surface area contributed by atoms with E-state index in [4.69, 9.17) is 0 Å². The fraction of sp³-hybridized carbons (Fsp3) is 0.750. The van der Waals surface area contributed by atoms with Gasteiger partial charge in [0.05, 0.1) is 0 Å². The van der Waals surface area contributed by atoms with E-state index in [9.17, 15) is 9.59 Å². The molecule has 5 heteroatoms. The Labute approximate surface area is 107 Å². The Morgan fingerprint density at radius 3 is 2.59 bits per heavy atom. The molecule has 0 aromatic carbocycles. The average molecular weight is 256 g/mol. The standard InChI is InChI=1S/C12H20N2O2S/c1-8(2)7-10(15)13-12-14(9(3)4)11(16)5-6-17-12/h8-9H,5-7H2,1-4H3. The number of amides is 2. The Morgan fingerprint density at radius 2 is 2.06 bits per heavy atom. The first kappa shape index (κ1) is 14.2. The third-order valence-electron chi connectivity index (χ3n) is 2.34. The largest absolute Gasteiger partial charge is 0.289 e. The lowest BCUT2D eigenvalue weighted by atomic mass is 10.1. The van der Waals surface area contributed by atoms with Gasteiger partial charge in [-0.25, -0.2) is 0 Å². The first-order chi connectivity index (χ1) is 7.91. The molecule has 0 aliphatic carbocycles. The van der Waals surface area contributed by atoms with Crippen LogP contribution >= 0.6 is 11.8 Å². The zero-order valence-electron chi connectivity index (χ0n) is 10.9. The molecule has 0 bridgehead atoms. The molecule has 1 aliphatic rings. The highest BCUT2D eigenvalue weighted by Crippen LogP contribution is 2.21. The highest BCUT2D eigenvalue weighted by molar-refractivity contribution is 8.14. The van der Waals surface area contributed by atoms with Crippen LogP contribution in [0.2, 0.25) is 0 Å². The number of thioether (sulfide) groups is 1. The maximum atomic E-state index is 11.8. The molecule has 17 heavy (non-hydrogen) atoms. The molecule has 96 valence electrons. The molecule has 1 fully saturated rings. The van der Waals surface area contributed by atoms with Crippen molar-refractivity contribution in [2.75, 3.05) is 5.75 Å². The third kappa shape index (κ3) is 4.15. The zero-order valence-corrected chi connectivity index (χ0v) is 11.7. The van der Waals surface area contributed by atoms with Crippen molar-refractivity contribution < 1.29 is 9.59 Å². The summed E-state index contributed by atoms with van der Waals surface area (Å²) in [4.78, 5) is 29.1. The van der Waals surface area contributed by atoms with Crippen molar-refractivity contribution >= 4 is 28.7 Å². The van der Waals surface area contributed by atoms with E-state index in [0.717, 1.165) is 5.75 Å². The quantitative estimate of drug-likeness (QED) is 0.778. The lowest BCUT2D eigenvalue weighted by Gasteiger charge is -2.30. The van der Waals surface area contributed by atoms with Gasteiger partial charge in [-0.2, -0.15) is 4.99 Å². The SMILES string of the molecule is CC(C)CC(=O)N=C1SCCC(=O)N1C(C)C. The molecular formula is C12H20N2O2S. The fourth-order valence-corrected chi connectivity index (χ4v) is 2.70. The zero-order chi connectivity index (χ0) is 13.0. The van der Waals surface area contributed by atoms with E-state index >= 15 is 0 Å². The van der Waals surface area contributed by atoms with Crippen molar-refractivity contribution in [2.24, 2.45) is 10.9 Å². The van der Waals surface area contributed by atoms with Crippen LogP contribution in [-0.2, 0) is 9.59 Å². The summed E-state index contributed by atoms with van der Waals surface area (Å²) in [5.41, 5.74) is 0. The van der Waals surface area contributed by atoms with Crippen LogP contribution in [-0.4, -0.2) is 33.7 Å². The van der Waals surface area contributed by atoms with Crippen LogP contribution in [0.15, 0.2) is 4.99 Å². The molecule has 0 atom stereocenters. The molecule has 0 spiro atoms. The summed E-state index contributed by atoms with van der Waals surface area (Å²) < 4.78 is 0. The summed E-state index contributed by atoms with van der Waals surface area (Å²) in [7, 11) is 0. The summed E-state index contributed by atoms with van der Waals surface area (Å²) in [5, 5.41) is 0.571. The second kappa shape index (κ2) is 6.19. The number of hydrogen-bond donors (Lipinski definition) is 0. The van der Waals surface area contributed by atoms with Gasteiger partial charge in [0, 0.05) is 24.6 Å². The maximum Gasteiger partial charge on any atom is 0.248 e. The topological polar surface area (TPSA) is 49.7 Å². The molecule has 0 saturated carbocycles. The number of nitrogens with zero attached hydrogens (tertiary/aromatic N) is 2. The van der Waals surface area contributed by atoms with Crippen LogP contribution in [0.3, 0.4) is 0 Å². The summed E-state index contributed by atoms with van der Waals surface area (Å²) in [6.45, 7) is 7.84. The summed E-state index contributed by atoms with van der Waals surface area (Å²) in [6.07, 6.45) is 0.963. The van der Waals surface area contributed by atoms with Gasteiger partial charge in [-0.05, 0) is 19.8 Å². The van der Waals surface area contributed by atoms with Gasteiger partial charge < -0.3 is 0 Å². The average Bonchev–Trinajstić information content (AvgIpc) is 2.15. The molecular weight excluding hydrogens is 236 g/mol. The Bertz CT molecular complexity index is 337. The number of rotatable bonds is 3. The predicted molar refractivity (Wildman–Crippen MR) is 71.0 cm³/mol. The Kier molecular flexibility index (Phi) is 5.18. The van der Waals surface area contributed by atoms with E-state index in [-0.39, 0.29) is 17.9 Å². The first-order valence-corrected chi connectivity index (χ1v) is 6.96. The Morgan fingerprint density at radius 1 is 1.41 bits per heavy atom. The third-order valence-corrected chi connectivity index (χ3v) is 3.30. The van der Waals surface area contributed by atoms with Crippen LogP contribution in [0, 0.1) is 5.92 Å². The molecule has 1 saturated heterocycles. The van der Waals surface area contributed by atoms with Crippen molar-refractivity contribution in [3.05, 3.63) is 0 Å². The van der Waals surface area contributed by atoms with E-state index in [1.54, 1.807) is 4.90 Å². The lowest BCUT2D eigenvalue weighted by Crippen LogP contribution is -2.44. The van der Waals surface area contributed by atoms with Gasteiger partial charge in [-0.15, -0.1) is 0 Å². The molecule has 0 N–H and O–H groups in total. The number of aliphatic imine (C=N–C) groups is 1. The normalized spacial score (nSPS) is 19.5. The first-order valence-electron chi connectivity index (χ1n) is 5.98. The van der Waals surface area contributed by atoms with Crippen LogP contribution in [0.5, 0.6) is 0 Å². The number of hydrogen-bond acceptors (Lipinski definition) is 3. The van der Waals surface area contributed by atoms with Crippen molar-refractivity contribution in [3.8, 4) is 0 Å². The monoisotopic (exact) mass is 256 g/mol. The van der Waals surface area contributed by atoms with Gasteiger partial charge in [0.15, 0.2) is 5.17 Å². The molecule has 0 unspecified atom stereocenters. The van der Waals surface area contributed by atoms with E-state index in [0.29, 0.717) is 23.9 Å². The molecule has 1 rings (SSSR count). The van der Waals surface area contributed by atoms with Gasteiger partial charge in [0.2, 0.25) is 11.8 Å². The number of carbonyl (C=O) groups excluding carboxylic acids is 2. The van der Waals surface area contributed by atoms with Gasteiger partial charge >= 0.3 is 0 Å². The molecule has 1 heterocycles. The highest BCUT2D eigenvalue weighted by atomic mass is 32.2. The number of amidine groups is 1. The smallest absolute Gasteiger partial charge is 0.248 e. The maximum absolute atomic E-state index is 11.8. The second-order valence-corrected chi connectivity index (χ2v) is 5.90. The van der Waals surface area contributed by atoms with Crippen LogP contribution in [0.4, 0.5) is 0 Å². The summed E-state index contributed by atoms with van der Waals surface area (Å²) in [6, 6.07) is 0.0564. The van der Waals surface area contributed by atoms with Gasteiger partial charge in [0.25, 0.3) is 0 Å². The predicted octanol–water partition coefficient (Wildman–Crippen LogP) is 2.29. The Balaban J connectivity index is 2.81. The van der Waals surface area contributed by atoms with Crippen LogP contribution < -0.4 is 0 Å². The minimum absolute atomic E-state index is 0.0564. The molecule has 0 aromatic heterocycles. The van der Waals surface area contributed by atoms with Gasteiger partial charge in [0.1, 0.15) is 0 Å². The molecule has 2 amide bonds. The van der Waals surface area contributed by atoms with Crippen molar-refractivity contribution in [1.29, 1.82) is 0 Å². The molecule has 0 aromatic rings. The van der Waals surface area contributed by atoms with E-state index in [1.807, 2.05) is 27.7 Å². The van der Waals surface area contributed by atoms with Crippen molar-refractivity contribution in [3.63, 3.8) is 0 Å². The van der Waals surface area contributed by atoms with E-state index < -0.39 is 0 Å². The molecule has 0 radical (unpaired) electrons. The minimum Gasteiger partial charge on any atom is -0.289 e.